The van der Waals surface area contributed by atoms with Crippen molar-refractivity contribution in [2.24, 2.45) is 5.73 Å². The molecule has 0 aliphatic heterocycles. The molecule has 2 aromatic rings. The maximum absolute atomic E-state index is 12.9. The number of amides is 3. The van der Waals surface area contributed by atoms with Gasteiger partial charge in [0, 0.05) is 30.4 Å². The van der Waals surface area contributed by atoms with Crippen molar-refractivity contribution in [1.29, 1.82) is 0 Å². The van der Waals surface area contributed by atoms with Crippen LogP contribution in [0.5, 0.6) is 0 Å². The number of urea groups is 1. The van der Waals surface area contributed by atoms with E-state index in [-0.39, 0.29) is 24.6 Å². The van der Waals surface area contributed by atoms with E-state index in [2.05, 4.69) is 25.9 Å². The van der Waals surface area contributed by atoms with Gasteiger partial charge in [-0.05, 0) is 25.1 Å². The van der Waals surface area contributed by atoms with E-state index in [0.717, 1.165) is 12.1 Å². The first-order chi connectivity index (χ1) is 13.0. The number of nitrogens with zero attached hydrogens (tertiary/aromatic N) is 2. The van der Waals surface area contributed by atoms with Gasteiger partial charge in [-0.3, -0.25) is 10.1 Å². The number of carbonyl (C=O) groups excluding carboxylic acids is 2. The van der Waals surface area contributed by atoms with E-state index in [1.807, 2.05) is 0 Å². The maximum Gasteiger partial charge on any atom is 0.417 e. The Morgan fingerprint density at radius 2 is 1.89 bits per heavy atom. The predicted molar refractivity (Wildman–Crippen MR) is 98.2 cm³/mol. The van der Waals surface area contributed by atoms with E-state index in [0.29, 0.717) is 11.5 Å². The molecule has 5 N–H and O–H groups in total. The van der Waals surface area contributed by atoms with Crippen LogP contribution in [0, 0.1) is 6.92 Å². The van der Waals surface area contributed by atoms with Crippen LogP contribution in [0.25, 0.3) is 0 Å². The van der Waals surface area contributed by atoms with Crippen LogP contribution in [0.1, 0.15) is 17.7 Å². The molecule has 0 atom stereocenters. The van der Waals surface area contributed by atoms with Gasteiger partial charge in [0.05, 0.1) is 10.6 Å². The number of alkyl halides is 3. The monoisotopic (exact) mass is 416 g/mol. The second-order valence-corrected chi connectivity index (χ2v) is 6.04. The quantitative estimate of drug-likeness (QED) is 0.575. The molecule has 0 aliphatic carbocycles. The number of aromatic nitrogens is 2. The largest absolute Gasteiger partial charge is 0.417 e. The number of nitrogens with one attached hydrogen (secondary N) is 3. The van der Waals surface area contributed by atoms with E-state index >= 15 is 0 Å². The van der Waals surface area contributed by atoms with Crippen molar-refractivity contribution in [1.82, 2.24) is 9.97 Å². The minimum Gasteiger partial charge on any atom is -0.370 e. The number of primary amides is 1. The van der Waals surface area contributed by atoms with Gasteiger partial charge in [-0.1, -0.05) is 11.6 Å². The number of hydrogen-bond donors (Lipinski definition) is 4. The molecule has 1 aromatic heterocycles. The van der Waals surface area contributed by atoms with Gasteiger partial charge in [0.1, 0.15) is 5.82 Å². The van der Waals surface area contributed by atoms with Crippen LogP contribution < -0.4 is 21.7 Å². The molecule has 28 heavy (non-hydrogen) atoms. The van der Waals surface area contributed by atoms with Gasteiger partial charge in [-0.2, -0.15) is 18.2 Å². The summed E-state index contributed by atoms with van der Waals surface area (Å²) in [6.07, 6.45) is -4.57. The standard InChI is InChI=1S/C16H16ClF3N6O2/c1-8-6-13(22-5-4-12(21)27)25-14(23-8)26-15(28)24-9-2-3-11(17)10(7-9)16(18,19)20/h2-3,6-7H,4-5H2,1H3,(H2,21,27)(H3,22,23,24,25,26,28). The Bertz CT molecular complexity index is 891. The van der Waals surface area contributed by atoms with E-state index in [1.165, 1.54) is 6.07 Å². The highest BCUT2D eigenvalue weighted by Gasteiger charge is 2.33. The first-order valence-corrected chi connectivity index (χ1v) is 8.25. The fourth-order valence-electron chi connectivity index (χ4n) is 2.11. The van der Waals surface area contributed by atoms with Gasteiger partial charge in [0.25, 0.3) is 0 Å². The molecule has 8 nitrogen and oxygen atoms in total. The average molecular weight is 417 g/mol. The lowest BCUT2D eigenvalue weighted by Gasteiger charge is -2.12. The van der Waals surface area contributed by atoms with Crippen LogP contribution in [-0.4, -0.2) is 28.5 Å². The van der Waals surface area contributed by atoms with Crippen LogP contribution in [0.3, 0.4) is 0 Å². The molecule has 12 heteroatoms. The number of benzene rings is 1. The van der Waals surface area contributed by atoms with Crippen molar-refractivity contribution in [3.8, 4) is 0 Å². The number of rotatable bonds is 6. The van der Waals surface area contributed by atoms with Crippen molar-refractivity contribution in [2.75, 3.05) is 22.5 Å². The van der Waals surface area contributed by atoms with E-state index < -0.39 is 28.7 Å². The van der Waals surface area contributed by atoms with Crippen LogP contribution in [-0.2, 0) is 11.0 Å². The summed E-state index contributed by atoms with van der Waals surface area (Å²) in [6.45, 7) is 1.89. The highest BCUT2D eigenvalue weighted by atomic mass is 35.5. The summed E-state index contributed by atoms with van der Waals surface area (Å²) in [5.41, 5.74) is 4.38. The molecule has 0 unspecified atom stereocenters. The SMILES string of the molecule is Cc1cc(NCCC(N)=O)nc(NC(=O)Nc2ccc(Cl)c(C(F)(F)F)c2)n1. The molecule has 3 amide bonds. The van der Waals surface area contributed by atoms with Gasteiger partial charge >= 0.3 is 12.2 Å². The molecule has 0 saturated carbocycles. The number of aryl methyl sites for hydroxylation is 1. The van der Waals surface area contributed by atoms with Crippen LogP contribution in [0.4, 0.5) is 35.4 Å². The van der Waals surface area contributed by atoms with Gasteiger partial charge in [0.2, 0.25) is 11.9 Å². The lowest BCUT2D eigenvalue weighted by molar-refractivity contribution is -0.137. The van der Waals surface area contributed by atoms with Crippen molar-refractivity contribution in [3.05, 3.63) is 40.5 Å². The van der Waals surface area contributed by atoms with Crippen LogP contribution in [0.15, 0.2) is 24.3 Å². The topological polar surface area (TPSA) is 122 Å². The van der Waals surface area contributed by atoms with Gasteiger partial charge in [-0.15, -0.1) is 0 Å². The summed E-state index contributed by atoms with van der Waals surface area (Å²) < 4.78 is 38.7. The Balaban J connectivity index is 2.07. The third-order valence-corrected chi connectivity index (χ3v) is 3.62. The maximum atomic E-state index is 12.9. The zero-order valence-corrected chi connectivity index (χ0v) is 15.3. The second-order valence-electron chi connectivity index (χ2n) is 5.63. The van der Waals surface area contributed by atoms with Crippen LogP contribution in [0.2, 0.25) is 5.02 Å². The number of hydrogen-bond acceptors (Lipinski definition) is 5. The number of nitrogens with two attached hydrogens (primary N) is 1. The Morgan fingerprint density at radius 3 is 2.54 bits per heavy atom. The minimum atomic E-state index is -4.66. The van der Waals surface area contributed by atoms with E-state index in [1.54, 1.807) is 13.0 Å². The molecule has 0 saturated heterocycles. The number of carbonyl (C=O) groups is 2. The van der Waals surface area contributed by atoms with Crippen molar-refractivity contribution in [3.63, 3.8) is 0 Å². The fraction of sp³-hybridized carbons (Fsp3) is 0.250. The normalized spacial score (nSPS) is 11.0. The Labute approximate surface area is 162 Å². The fourth-order valence-corrected chi connectivity index (χ4v) is 2.34. The first-order valence-electron chi connectivity index (χ1n) is 7.87. The lowest BCUT2D eigenvalue weighted by atomic mass is 10.2. The summed E-state index contributed by atoms with van der Waals surface area (Å²) >= 11 is 5.54. The summed E-state index contributed by atoms with van der Waals surface area (Å²) in [5, 5.41) is 6.95. The van der Waals surface area contributed by atoms with Crippen LogP contribution >= 0.6 is 11.6 Å². The molecule has 0 spiro atoms. The number of halogens is 4. The summed E-state index contributed by atoms with van der Waals surface area (Å²) in [4.78, 5) is 30.9. The third-order valence-electron chi connectivity index (χ3n) is 3.29. The second kappa shape index (κ2) is 8.74. The van der Waals surface area contributed by atoms with Crippen molar-refractivity contribution >= 4 is 41.0 Å². The summed E-state index contributed by atoms with van der Waals surface area (Å²) in [7, 11) is 0. The molecule has 1 heterocycles. The highest BCUT2D eigenvalue weighted by molar-refractivity contribution is 6.31. The van der Waals surface area contributed by atoms with Gasteiger partial charge in [-0.25, -0.2) is 9.78 Å². The molecular weight excluding hydrogens is 401 g/mol. The average Bonchev–Trinajstić information content (AvgIpc) is 2.54. The molecule has 0 aliphatic rings. The van der Waals surface area contributed by atoms with Crippen molar-refractivity contribution in [2.45, 2.75) is 19.5 Å². The first kappa shape index (κ1) is 21.2. The highest BCUT2D eigenvalue weighted by Crippen LogP contribution is 2.36. The zero-order chi connectivity index (χ0) is 20.9. The Morgan fingerprint density at radius 1 is 1.18 bits per heavy atom. The Kier molecular flexibility index (Phi) is 6.62. The van der Waals surface area contributed by atoms with Crippen molar-refractivity contribution < 1.29 is 22.8 Å². The number of anilines is 3. The Hall–Kier alpha value is -3.08. The van der Waals surface area contributed by atoms with E-state index in [4.69, 9.17) is 17.3 Å². The summed E-state index contributed by atoms with van der Waals surface area (Å²) in [6, 6.07) is 3.72. The smallest absolute Gasteiger partial charge is 0.370 e. The molecule has 0 fully saturated rings. The van der Waals surface area contributed by atoms with Gasteiger partial charge < -0.3 is 16.4 Å². The third kappa shape index (κ3) is 6.27. The summed E-state index contributed by atoms with van der Waals surface area (Å²) in [5.74, 6) is -0.226. The minimum absolute atomic E-state index is 0.0796. The molecule has 2 rings (SSSR count). The zero-order valence-electron chi connectivity index (χ0n) is 14.5. The van der Waals surface area contributed by atoms with Gasteiger partial charge in [0.15, 0.2) is 0 Å². The lowest BCUT2D eigenvalue weighted by Crippen LogP contribution is -2.22. The van der Waals surface area contributed by atoms with E-state index in [9.17, 15) is 22.8 Å². The predicted octanol–water partition coefficient (Wildman–Crippen LogP) is 3.39. The molecule has 150 valence electrons. The molecular formula is C16H16ClF3N6O2. The molecule has 1 aromatic carbocycles. The molecule has 0 bridgehead atoms. The molecule has 0 radical (unpaired) electrons.